The van der Waals surface area contributed by atoms with Crippen LogP contribution in [0, 0.1) is 5.82 Å². The smallest absolute Gasteiger partial charge is 0.322 e. The van der Waals surface area contributed by atoms with Crippen LogP contribution < -0.4 is 0 Å². The number of aliphatic carboxylic acids is 1. The molecule has 0 aliphatic rings. The lowest BCUT2D eigenvalue weighted by Crippen LogP contribution is -2.35. The fraction of sp³-hybridized carbons (Fsp3) is 0.300. The summed E-state index contributed by atoms with van der Waals surface area (Å²) in [5, 5.41) is 8.62. The van der Waals surface area contributed by atoms with E-state index in [1.807, 2.05) is 0 Å². The van der Waals surface area contributed by atoms with Crippen molar-refractivity contribution in [2.45, 2.75) is 11.8 Å². The molecule has 1 aromatic rings. The van der Waals surface area contributed by atoms with Gasteiger partial charge in [-0.05, 0) is 31.2 Å². The highest BCUT2D eigenvalue weighted by Crippen LogP contribution is 2.15. The van der Waals surface area contributed by atoms with E-state index in [1.54, 1.807) is 6.92 Å². The summed E-state index contributed by atoms with van der Waals surface area (Å²) in [5.41, 5.74) is 0. The first-order chi connectivity index (χ1) is 7.54. The van der Waals surface area contributed by atoms with Crippen molar-refractivity contribution in [3.8, 4) is 0 Å². The number of hydrogen-bond acceptors (Lipinski definition) is 3. The lowest BCUT2D eigenvalue weighted by molar-refractivity contribution is -0.137. The molecule has 0 fully saturated rings. The average Bonchev–Trinajstić information content (AvgIpc) is 2.25. The van der Waals surface area contributed by atoms with Crippen molar-refractivity contribution in [1.82, 2.24) is 4.31 Å². The quantitative estimate of drug-likeness (QED) is 0.793. The molecule has 6 heteroatoms. The SMILES string of the molecule is CCN(CC(=O)O)[S+]([O-])c1ccc(F)cc1. The minimum atomic E-state index is -1.56. The highest BCUT2D eigenvalue weighted by atomic mass is 32.2. The van der Waals surface area contributed by atoms with E-state index in [9.17, 15) is 13.7 Å². The van der Waals surface area contributed by atoms with Crippen molar-refractivity contribution in [2.24, 2.45) is 0 Å². The number of carbonyl (C=O) groups is 1. The molecule has 0 heterocycles. The van der Waals surface area contributed by atoms with E-state index in [0.717, 1.165) is 0 Å². The number of likely N-dealkylation sites (N-methyl/N-ethyl adjacent to an activating group) is 1. The van der Waals surface area contributed by atoms with Gasteiger partial charge in [-0.1, -0.05) is 0 Å². The monoisotopic (exact) mass is 245 g/mol. The van der Waals surface area contributed by atoms with E-state index in [2.05, 4.69) is 0 Å². The molecule has 1 aromatic carbocycles. The Bertz CT molecular complexity index is 358. The minimum absolute atomic E-state index is 0.305. The second-order valence-corrected chi connectivity index (χ2v) is 4.54. The van der Waals surface area contributed by atoms with Crippen molar-refractivity contribution >= 4 is 17.3 Å². The van der Waals surface area contributed by atoms with Gasteiger partial charge < -0.3 is 9.66 Å². The molecule has 1 unspecified atom stereocenters. The van der Waals surface area contributed by atoms with Gasteiger partial charge in [0.15, 0.2) is 4.90 Å². The van der Waals surface area contributed by atoms with Crippen LogP contribution in [0.2, 0.25) is 0 Å². The van der Waals surface area contributed by atoms with E-state index in [-0.39, 0.29) is 6.54 Å². The van der Waals surface area contributed by atoms with Crippen LogP contribution in [0.1, 0.15) is 6.92 Å². The molecule has 0 saturated heterocycles. The Hall–Kier alpha value is -1.11. The van der Waals surface area contributed by atoms with Crippen molar-refractivity contribution in [3.63, 3.8) is 0 Å². The van der Waals surface area contributed by atoms with Gasteiger partial charge in [0.2, 0.25) is 0 Å². The molecule has 1 rings (SSSR count). The van der Waals surface area contributed by atoms with Crippen LogP contribution in [0.15, 0.2) is 29.2 Å². The Morgan fingerprint density at radius 2 is 2.06 bits per heavy atom. The zero-order valence-electron chi connectivity index (χ0n) is 8.72. The van der Waals surface area contributed by atoms with Crippen molar-refractivity contribution < 1.29 is 18.8 Å². The molecular weight excluding hydrogens is 233 g/mol. The normalized spacial score (nSPS) is 12.8. The number of carboxylic acids is 1. The van der Waals surface area contributed by atoms with Gasteiger partial charge in [-0.2, -0.15) is 0 Å². The molecule has 0 aliphatic carbocycles. The van der Waals surface area contributed by atoms with Gasteiger partial charge in [0, 0.05) is 6.54 Å². The third-order valence-electron chi connectivity index (χ3n) is 1.91. The van der Waals surface area contributed by atoms with Crippen LogP contribution in [-0.2, 0) is 16.2 Å². The van der Waals surface area contributed by atoms with Crippen LogP contribution in [0.4, 0.5) is 4.39 Å². The summed E-state index contributed by atoms with van der Waals surface area (Å²) in [6.45, 7) is 1.75. The first-order valence-electron chi connectivity index (χ1n) is 4.68. The number of hydrogen-bond donors (Lipinski definition) is 1. The van der Waals surface area contributed by atoms with Gasteiger partial charge in [0.05, 0.1) is 11.4 Å². The molecule has 0 bridgehead atoms. The van der Waals surface area contributed by atoms with Crippen molar-refractivity contribution in [1.29, 1.82) is 0 Å². The summed E-state index contributed by atoms with van der Waals surface area (Å²) in [4.78, 5) is 10.9. The van der Waals surface area contributed by atoms with Gasteiger partial charge >= 0.3 is 5.97 Å². The Kier molecular flexibility index (Phi) is 4.72. The molecule has 16 heavy (non-hydrogen) atoms. The number of rotatable bonds is 5. The zero-order valence-corrected chi connectivity index (χ0v) is 9.54. The van der Waals surface area contributed by atoms with E-state index >= 15 is 0 Å². The van der Waals surface area contributed by atoms with Crippen LogP contribution in [0.3, 0.4) is 0 Å². The summed E-state index contributed by atoms with van der Waals surface area (Å²) < 4.78 is 25.8. The van der Waals surface area contributed by atoms with Gasteiger partial charge in [-0.15, -0.1) is 4.31 Å². The molecule has 88 valence electrons. The molecule has 1 atom stereocenters. The third-order valence-corrected chi connectivity index (χ3v) is 3.45. The molecule has 0 saturated carbocycles. The minimum Gasteiger partial charge on any atom is -0.593 e. The molecule has 0 radical (unpaired) electrons. The Morgan fingerprint density at radius 3 is 2.50 bits per heavy atom. The first kappa shape index (κ1) is 13.0. The van der Waals surface area contributed by atoms with Crippen LogP contribution in [0.5, 0.6) is 0 Å². The Morgan fingerprint density at radius 1 is 1.50 bits per heavy atom. The third kappa shape index (κ3) is 3.48. The van der Waals surface area contributed by atoms with Crippen LogP contribution in [0.25, 0.3) is 0 Å². The van der Waals surface area contributed by atoms with E-state index in [1.165, 1.54) is 28.6 Å². The number of halogens is 1. The van der Waals surface area contributed by atoms with Gasteiger partial charge in [0.1, 0.15) is 12.4 Å². The maximum Gasteiger partial charge on any atom is 0.322 e. The average molecular weight is 245 g/mol. The van der Waals surface area contributed by atoms with Crippen LogP contribution in [-0.4, -0.2) is 33.0 Å². The lowest BCUT2D eigenvalue weighted by atomic mass is 10.4. The fourth-order valence-electron chi connectivity index (χ4n) is 1.14. The molecule has 0 spiro atoms. The highest BCUT2D eigenvalue weighted by Gasteiger charge is 2.23. The van der Waals surface area contributed by atoms with Crippen molar-refractivity contribution in [2.75, 3.05) is 13.1 Å². The maximum atomic E-state index is 12.6. The molecule has 0 aliphatic heterocycles. The predicted molar refractivity (Wildman–Crippen MR) is 57.7 cm³/mol. The molecule has 4 nitrogen and oxygen atoms in total. The highest BCUT2D eigenvalue weighted by molar-refractivity contribution is 7.89. The first-order valence-corrected chi connectivity index (χ1v) is 5.79. The number of nitrogens with zero attached hydrogens (tertiary/aromatic N) is 1. The number of carboxylic acid groups (broad SMARTS) is 1. The largest absolute Gasteiger partial charge is 0.593 e. The van der Waals surface area contributed by atoms with Gasteiger partial charge in [0.25, 0.3) is 0 Å². The molecular formula is C10H12FNO3S. The zero-order chi connectivity index (χ0) is 12.1. The second-order valence-electron chi connectivity index (χ2n) is 3.05. The summed E-state index contributed by atoms with van der Waals surface area (Å²) in [6.07, 6.45) is 0. The summed E-state index contributed by atoms with van der Waals surface area (Å²) in [7, 11) is 0. The Balaban J connectivity index is 2.78. The van der Waals surface area contributed by atoms with Gasteiger partial charge in [-0.3, -0.25) is 4.79 Å². The van der Waals surface area contributed by atoms with Crippen molar-refractivity contribution in [3.05, 3.63) is 30.1 Å². The second kappa shape index (κ2) is 5.83. The molecule has 1 N–H and O–H groups in total. The standard InChI is InChI=1S/C10H12FNO3S/c1-2-12(7-10(13)14)16(15)9-5-3-8(11)4-6-9/h3-6H,2,7H2,1H3,(H,13,14). The summed E-state index contributed by atoms with van der Waals surface area (Å²) in [6, 6.07) is 5.16. The topological polar surface area (TPSA) is 63.6 Å². The fourth-order valence-corrected chi connectivity index (χ4v) is 2.27. The van der Waals surface area contributed by atoms with E-state index in [4.69, 9.17) is 5.11 Å². The lowest BCUT2D eigenvalue weighted by Gasteiger charge is -2.20. The Labute approximate surface area is 96.0 Å². The van der Waals surface area contributed by atoms with E-state index in [0.29, 0.717) is 11.4 Å². The molecule has 0 amide bonds. The molecule has 0 aromatic heterocycles. The van der Waals surface area contributed by atoms with E-state index < -0.39 is 23.1 Å². The van der Waals surface area contributed by atoms with Gasteiger partial charge in [-0.25, -0.2) is 4.39 Å². The predicted octanol–water partition coefficient (Wildman–Crippen LogP) is 1.25. The van der Waals surface area contributed by atoms with Crippen LogP contribution >= 0.6 is 0 Å². The summed E-state index contributed by atoms with van der Waals surface area (Å²) in [5.74, 6) is -1.46. The summed E-state index contributed by atoms with van der Waals surface area (Å²) >= 11 is -1.56. The number of benzene rings is 1. The maximum absolute atomic E-state index is 12.6.